The number of alkyl halides is 14. The third-order valence-electron chi connectivity index (χ3n) is 8.69. The van der Waals surface area contributed by atoms with Gasteiger partial charge in [0.15, 0.2) is 0 Å². The van der Waals surface area contributed by atoms with Crippen LogP contribution in [-0.4, -0.2) is 65.7 Å². The van der Waals surface area contributed by atoms with E-state index < -0.39 is 70.3 Å². The second kappa shape index (κ2) is 20.9. The van der Waals surface area contributed by atoms with Crippen LogP contribution in [0.1, 0.15) is 95.4 Å². The molecule has 2 aromatic rings. The lowest BCUT2D eigenvalue weighted by Crippen LogP contribution is -2.56. The fraction of sp³-hybridized carbons (Fsp3) is 0.667. The van der Waals surface area contributed by atoms with Crippen molar-refractivity contribution in [1.29, 1.82) is 0 Å². The molecule has 2 aromatic carbocycles. The third-order valence-corrected chi connectivity index (χ3v) is 10.6. The van der Waals surface area contributed by atoms with Crippen molar-refractivity contribution in [2.24, 2.45) is 0 Å². The van der Waals surface area contributed by atoms with Gasteiger partial charge >= 0.3 is 24.7 Å². The highest BCUT2D eigenvalue weighted by atomic mass is 79.9. The summed E-state index contributed by atoms with van der Waals surface area (Å²) in [7, 11) is 1.82. The highest BCUT2D eigenvalue weighted by Crippen LogP contribution is 2.55. The minimum atomic E-state index is -5.85. The molecule has 2 unspecified atom stereocenters. The molecule has 5 nitrogen and oxygen atoms in total. The predicted octanol–water partition coefficient (Wildman–Crippen LogP) is 12.6. The number of hydrogen-bond acceptors (Lipinski definition) is 5. The molecular weight excluding hydrogens is 900 g/mol. The van der Waals surface area contributed by atoms with E-state index in [-0.39, 0.29) is 37.2 Å². The van der Waals surface area contributed by atoms with Gasteiger partial charge in [-0.15, -0.1) is 0 Å². The summed E-state index contributed by atoms with van der Waals surface area (Å²) in [6, 6.07) is 5.69. The number of ether oxygens (including phenoxy) is 5. The first-order chi connectivity index (χ1) is 25.5. The maximum Gasteiger partial charge on any atom is 0.430 e. The summed E-state index contributed by atoms with van der Waals surface area (Å²) in [5.74, 6) is 0. The predicted molar refractivity (Wildman–Crippen MR) is 187 cm³/mol. The van der Waals surface area contributed by atoms with Crippen molar-refractivity contribution < 1.29 is 76.4 Å². The van der Waals surface area contributed by atoms with Crippen LogP contribution in [0, 0.1) is 0 Å². The van der Waals surface area contributed by atoms with Crippen LogP contribution in [0.5, 0.6) is 0 Å². The molecule has 0 bridgehead atoms. The van der Waals surface area contributed by atoms with Gasteiger partial charge in [-0.25, -0.2) is 0 Å². The Hall–Kier alpha value is -1.64. The lowest BCUT2D eigenvalue weighted by atomic mass is 9.87. The Labute approximate surface area is 329 Å². The van der Waals surface area contributed by atoms with Gasteiger partial charge in [0.2, 0.25) is 0 Å². The summed E-state index contributed by atoms with van der Waals surface area (Å²) < 4.78 is 192. The van der Waals surface area contributed by atoms with E-state index in [9.17, 15) is 52.7 Å². The first-order valence-electron chi connectivity index (χ1n) is 17.2. The molecule has 0 radical (unpaired) electrons. The van der Waals surface area contributed by atoms with Gasteiger partial charge in [0, 0.05) is 48.2 Å². The average molecular weight is 945 g/mol. The number of halogens is 14. The van der Waals surface area contributed by atoms with Crippen LogP contribution in [-0.2, 0) is 47.7 Å². The number of methoxy groups -OCH3 is 2. The Morgan fingerprint density at radius 2 is 0.873 bits per heavy atom. The van der Waals surface area contributed by atoms with E-state index in [4.69, 9.17) is 4.74 Å². The molecule has 0 amide bonds. The average Bonchev–Trinajstić information content (AvgIpc) is 3.06. The van der Waals surface area contributed by atoms with Crippen LogP contribution in [0.2, 0.25) is 0 Å². The topological polar surface area (TPSA) is 46.2 Å². The van der Waals surface area contributed by atoms with E-state index in [1.54, 1.807) is 13.8 Å². The SMILES string of the molecule is CCCc1cc(C(OCOC)(C(F)(F)F)C(F)(F)F)ccc1C(Br)CCCOCCCC(Br)c1ccc(C(OCOC)(C(F)(F)F)C(F)(F)F)cc1CCC. The highest BCUT2D eigenvalue weighted by Gasteiger charge is 2.74. The van der Waals surface area contributed by atoms with Crippen molar-refractivity contribution in [3.05, 3.63) is 69.8 Å². The molecule has 0 N–H and O–H groups in total. The Kier molecular flexibility index (Phi) is 18.8. The fourth-order valence-corrected chi connectivity index (χ4v) is 7.68. The number of aryl methyl sites for hydroxylation is 2. The van der Waals surface area contributed by atoms with Crippen LogP contribution >= 0.6 is 31.9 Å². The summed E-state index contributed by atoms with van der Waals surface area (Å²) in [4.78, 5) is -0.865. The van der Waals surface area contributed by atoms with E-state index in [1.807, 2.05) is 0 Å². The van der Waals surface area contributed by atoms with Crippen molar-refractivity contribution in [3.63, 3.8) is 0 Å². The maximum atomic E-state index is 14.1. The van der Waals surface area contributed by atoms with Crippen molar-refractivity contribution in [3.8, 4) is 0 Å². The summed E-state index contributed by atoms with van der Waals surface area (Å²) >= 11 is 7.01. The molecule has 316 valence electrons. The van der Waals surface area contributed by atoms with Gasteiger partial charge in [-0.1, -0.05) is 94.9 Å². The molecule has 0 aliphatic rings. The molecule has 0 fully saturated rings. The van der Waals surface area contributed by atoms with Gasteiger partial charge in [0.1, 0.15) is 13.6 Å². The monoisotopic (exact) mass is 942 g/mol. The number of hydrogen-bond donors (Lipinski definition) is 0. The Morgan fingerprint density at radius 1 is 0.545 bits per heavy atom. The lowest BCUT2D eigenvalue weighted by molar-refractivity contribution is -0.401. The molecule has 2 rings (SSSR count). The summed E-state index contributed by atoms with van der Waals surface area (Å²) in [6.07, 6.45) is -20.4. The Bertz CT molecular complexity index is 1330. The number of benzene rings is 2. The summed E-state index contributed by atoms with van der Waals surface area (Å²) in [6.45, 7) is 1.46. The molecule has 55 heavy (non-hydrogen) atoms. The first kappa shape index (κ1) is 49.5. The zero-order valence-corrected chi connectivity index (χ0v) is 33.6. The van der Waals surface area contributed by atoms with Gasteiger partial charge in [-0.3, -0.25) is 0 Å². The molecule has 0 aliphatic heterocycles. The molecule has 19 heteroatoms. The van der Waals surface area contributed by atoms with E-state index in [2.05, 4.69) is 50.8 Å². The minimum Gasteiger partial charge on any atom is -0.381 e. The second-order valence-corrected chi connectivity index (χ2v) is 14.8. The molecule has 0 aromatic heterocycles. The van der Waals surface area contributed by atoms with Crippen molar-refractivity contribution >= 4 is 31.9 Å². The van der Waals surface area contributed by atoms with E-state index >= 15 is 0 Å². The van der Waals surface area contributed by atoms with Gasteiger partial charge in [0.25, 0.3) is 11.2 Å². The zero-order valence-electron chi connectivity index (χ0n) is 30.4. The van der Waals surface area contributed by atoms with Crippen LogP contribution in [0.25, 0.3) is 0 Å². The third kappa shape index (κ3) is 11.7. The molecule has 0 spiro atoms. The molecule has 0 saturated carbocycles. The first-order valence-corrected chi connectivity index (χ1v) is 19.0. The van der Waals surface area contributed by atoms with Gasteiger partial charge in [0.05, 0.1) is 0 Å². The van der Waals surface area contributed by atoms with Gasteiger partial charge in [-0.2, -0.15) is 52.7 Å². The van der Waals surface area contributed by atoms with Crippen molar-refractivity contribution in [2.45, 2.75) is 111 Å². The molecule has 2 atom stereocenters. The van der Waals surface area contributed by atoms with Crippen molar-refractivity contribution in [2.75, 3.05) is 41.0 Å². The largest absolute Gasteiger partial charge is 0.430 e. The Morgan fingerprint density at radius 3 is 1.15 bits per heavy atom. The van der Waals surface area contributed by atoms with Gasteiger partial charge < -0.3 is 23.7 Å². The van der Waals surface area contributed by atoms with Crippen molar-refractivity contribution in [1.82, 2.24) is 0 Å². The maximum absolute atomic E-state index is 14.1. The van der Waals surface area contributed by atoms with Gasteiger partial charge in [-0.05, 0) is 60.8 Å². The quantitative estimate of drug-likeness (QED) is 0.0509. The lowest BCUT2D eigenvalue weighted by Gasteiger charge is -2.37. The summed E-state index contributed by atoms with van der Waals surface area (Å²) in [5, 5.41) is 0. The zero-order chi connectivity index (χ0) is 41.9. The summed E-state index contributed by atoms with van der Waals surface area (Å²) in [5.41, 5.74) is -9.85. The normalized spacial score (nSPS) is 14.7. The Balaban J connectivity index is 2.11. The fourth-order valence-electron chi connectivity index (χ4n) is 6.14. The van der Waals surface area contributed by atoms with E-state index in [0.29, 0.717) is 49.7 Å². The molecular formula is C36H44Br2F12O5. The van der Waals surface area contributed by atoms with Crippen LogP contribution in [0.4, 0.5) is 52.7 Å². The van der Waals surface area contributed by atoms with E-state index in [0.717, 1.165) is 38.5 Å². The molecule has 0 aliphatic carbocycles. The number of rotatable bonds is 22. The second-order valence-electron chi connectivity index (χ2n) is 12.6. The molecule has 0 saturated heterocycles. The standard InChI is InChI=1S/C36H44Br2F12O5/c1-5-9-23-19-25(31(33(39,40)41,34(42,43)44)54-21-51-3)13-15-27(23)29(37)11-7-17-53-18-8-12-30(38)28-16-14-26(20-24(28)10-6-2)32(35(45,46)47,36(48,49)50)55-22-52-4/h13-16,19-20,29-30H,5-12,17-18,21-22H2,1-4H3. The minimum absolute atomic E-state index is 0.196. The van der Waals surface area contributed by atoms with E-state index in [1.165, 1.54) is 12.1 Å². The van der Waals surface area contributed by atoms with Crippen LogP contribution < -0.4 is 0 Å². The molecule has 0 heterocycles. The van der Waals surface area contributed by atoms with Crippen LogP contribution in [0.15, 0.2) is 36.4 Å². The smallest absolute Gasteiger partial charge is 0.381 e. The van der Waals surface area contributed by atoms with Crippen LogP contribution in [0.3, 0.4) is 0 Å². The highest BCUT2D eigenvalue weighted by molar-refractivity contribution is 9.09.